The monoisotopic (exact) mass is 230 g/mol. The van der Waals surface area contributed by atoms with Crippen LogP contribution in [0.25, 0.3) is 11.4 Å². The van der Waals surface area contributed by atoms with Crippen molar-refractivity contribution in [2.45, 2.75) is 18.8 Å². The van der Waals surface area contributed by atoms with E-state index in [1.54, 1.807) is 0 Å². The van der Waals surface area contributed by atoms with Gasteiger partial charge in [0.1, 0.15) is 5.69 Å². The third kappa shape index (κ3) is 2.00. The quantitative estimate of drug-likeness (QED) is 0.827. The van der Waals surface area contributed by atoms with Crippen LogP contribution >= 0.6 is 0 Å². The molecule has 1 aliphatic heterocycles. The minimum atomic E-state index is 0.588. The lowest BCUT2D eigenvalue weighted by atomic mass is 9.96. The Morgan fingerprint density at radius 3 is 3.12 bits per heavy atom. The standard InChI is InChI=1S/C13H18N4/c1-17-7-3-5-13(17)12-8-11(15-16-12)10-4-2-6-14-9-10/h3,5,7-8,10,14H,2,4,6,9H2,1H3,(H,15,16)/t10-/m0/s1. The Labute approximate surface area is 101 Å². The van der Waals surface area contributed by atoms with Crippen LogP contribution in [0.2, 0.25) is 0 Å². The summed E-state index contributed by atoms with van der Waals surface area (Å²) in [6, 6.07) is 6.33. The van der Waals surface area contributed by atoms with E-state index in [-0.39, 0.29) is 0 Å². The molecule has 0 unspecified atom stereocenters. The van der Waals surface area contributed by atoms with Crippen LogP contribution in [0.5, 0.6) is 0 Å². The molecule has 0 aliphatic carbocycles. The molecule has 0 amide bonds. The average molecular weight is 230 g/mol. The predicted octanol–water partition coefficient (Wildman–Crippen LogP) is 1.88. The number of hydrogen-bond acceptors (Lipinski definition) is 2. The topological polar surface area (TPSA) is 45.6 Å². The van der Waals surface area contributed by atoms with Crippen molar-refractivity contribution in [1.82, 2.24) is 20.1 Å². The summed E-state index contributed by atoms with van der Waals surface area (Å²) in [5.74, 6) is 0.588. The van der Waals surface area contributed by atoms with Gasteiger partial charge in [-0.2, -0.15) is 5.10 Å². The van der Waals surface area contributed by atoms with Crippen molar-refractivity contribution in [2.24, 2.45) is 7.05 Å². The number of aromatic amines is 1. The highest BCUT2D eigenvalue weighted by molar-refractivity contribution is 5.55. The molecule has 17 heavy (non-hydrogen) atoms. The van der Waals surface area contributed by atoms with Crippen molar-refractivity contribution in [3.63, 3.8) is 0 Å². The first-order valence-electron chi connectivity index (χ1n) is 6.22. The van der Waals surface area contributed by atoms with Crippen molar-refractivity contribution in [3.05, 3.63) is 30.1 Å². The fourth-order valence-electron chi connectivity index (χ4n) is 2.52. The zero-order valence-electron chi connectivity index (χ0n) is 10.1. The van der Waals surface area contributed by atoms with Crippen molar-refractivity contribution in [1.29, 1.82) is 0 Å². The van der Waals surface area contributed by atoms with Gasteiger partial charge in [0.15, 0.2) is 0 Å². The first-order chi connectivity index (χ1) is 8.34. The highest BCUT2D eigenvalue weighted by atomic mass is 15.1. The smallest absolute Gasteiger partial charge is 0.109 e. The number of rotatable bonds is 2. The van der Waals surface area contributed by atoms with Gasteiger partial charge in [-0.3, -0.25) is 5.10 Å². The summed E-state index contributed by atoms with van der Waals surface area (Å²) < 4.78 is 2.10. The van der Waals surface area contributed by atoms with E-state index < -0.39 is 0 Å². The number of nitrogens with zero attached hydrogens (tertiary/aromatic N) is 2. The van der Waals surface area contributed by atoms with E-state index in [2.05, 4.69) is 32.2 Å². The molecular weight excluding hydrogens is 212 g/mol. The fourth-order valence-corrected chi connectivity index (χ4v) is 2.52. The third-order valence-corrected chi connectivity index (χ3v) is 3.54. The molecule has 2 aromatic rings. The molecule has 3 rings (SSSR count). The Morgan fingerprint density at radius 2 is 2.41 bits per heavy atom. The highest BCUT2D eigenvalue weighted by Gasteiger charge is 2.18. The maximum atomic E-state index is 4.42. The van der Waals surface area contributed by atoms with Gasteiger partial charge in [0.25, 0.3) is 0 Å². The maximum absolute atomic E-state index is 4.42. The number of aromatic nitrogens is 3. The predicted molar refractivity (Wildman–Crippen MR) is 67.8 cm³/mol. The molecule has 0 aromatic carbocycles. The molecule has 4 nitrogen and oxygen atoms in total. The van der Waals surface area contributed by atoms with E-state index >= 15 is 0 Å². The lowest BCUT2D eigenvalue weighted by molar-refractivity contribution is 0.454. The van der Waals surface area contributed by atoms with Crippen molar-refractivity contribution >= 4 is 0 Å². The van der Waals surface area contributed by atoms with E-state index in [4.69, 9.17) is 0 Å². The minimum absolute atomic E-state index is 0.588. The summed E-state index contributed by atoms with van der Waals surface area (Å²) in [5.41, 5.74) is 3.46. The molecule has 2 N–H and O–H groups in total. The Balaban J connectivity index is 1.85. The largest absolute Gasteiger partial charge is 0.349 e. The molecule has 0 bridgehead atoms. The zero-order chi connectivity index (χ0) is 11.7. The summed E-state index contributed by atoms with van der Waals surface area (Å²) in [5, 5.41) is 11.0. The van der Waals surface area contributed by atoms with Gasteiger partial charge in [-0.05, 0) is 37.6 Å². The fraction of sp³-hybridized carbons (Fsp3) is 0.462. The summed E-state index contributed by atoms with van der Waals surface area (Å²) in [6.07, 6.45) is 4.55. The Bertz CT molecular complexity index is 491. The van der Waals surface area contributed by atoms with Gasteiger partial charge in [-0.1, -0.05) is 0 Å². The second-order valence-corrected chi connectivity index (χ2v) is 4.76. The molecule has 0 spiro atoms. The van der Waals surface area contributed by atoms with Crippen LogP contribution in [0.15, 0.2) is 24.4 Å². The van der Waals surface area contributed by atoms with E-state index in [9.17, 15) is 0 Å². The SMILES string of the molecule is Cn1cccc1-c1cc([C@H]2CCCNC2)[nH]n1. The lowest BCUT2D eigenvalue weighted by Crippen LogP contribution is -2.28. The zero-order valence-corrected chi connectivity index (χ0v) is 10.1. The number of hydrogen-bond donors (Lipinski definition) is 2. The molecule has 1 atom stereocenters. The number of piperidine rings is 1. The second-order valence-electron chi connectivity index (χ2n) is 4.76. The molecule has 1 aliphatic rings. The molecule has 0 saturated carbocycles. The van der Waals surface area contributed by atoms with E-state index in [1.165, 1.54) is 18.5 Å². The van der Waals surface area contributed by atoms with Gasteiger partial charge in [0.2, 0.25) is 0 Å². The average Bonchev–Trinajstić information content (AvgIpc) is 2.98. The molecule has 1 saturated heterocycles. The second kappa shape index (κ2) is 4.37. The molecule has 90 valence electrons. The molecule has 2 aromatic heterocycles. The molecule has 3 heterocycles. The summed E-state index contributed by atoms with van der Waals surface area (Å²) in [7, 11) is 2.05. The van der Waals surface area contributed by atoms with Gasteiger partial charge < -0.3 is 9.88 Å². The van der Waals surface area contributed by atoms with Crippen LogP contribution < -0.4 is 5.32 Å². The molecule has 4 heteroatoms. The molecule has 0 radical (unpaired) electrons. The van der Waals surface area contributed by atoms with Crippen LogP contribution in [0.1, 0.15) is 24.5 Å². The minimum Gasteiger partial charge on any atom is -0.349 e. The molecule has 1 fully saturated rings. The van der Waals surface area contributed by atoms with Gasteiger partial charge >= 0.3 is 0 Å². The maximum Gasteiger partial charge on any atom is 0.109 e. The third-order valence-electron chi connectivity index (χ3n) is 3.54. The van der Waals surface area contributed by atoms with Crippen LogP contribution in [0.4, 0.5) is 0 Å². The normalized spacial score (nSPS) is 20.6. The number of H-pyrrole nitrogens is 1. The first-order valence-corrected chi connectivity index (χ1v) is 6.22. The van der Waals surface area contributed by atoms with Gasteiger partial charge in [0, 0.05) is 31.4 Å². The lowest BCUT2D eigenvalue weighted by Gasteiger charge is -2.21. The van der Waals surface area contributed by atoms with Crippen LogP contribution in [0, 0.1) is 0 Å². The molecular formula is C13H18N4. The van der Waals surface area contributed by atoms with E-state index in [1.807, 2.05) is 19.3 Å². The van der Waals surface area contributed by atoms with Crippen LogP contribution in [0.3, 0.4) is 0 Å². The number of aryl methyl sites for hydroxylation is 1. The van der Waals surface area contributed by atoms with Gasteiger partial charge in [-0.25, -0.2) is 0 Å². The van der Waals surface area contributed by atoms with Gasteiger partial charge in [0.05, 0.1) is 5.69 Å². The van der Waals surface area contributed by atoms with Crippen molar-refractivity contribution < 1.29 is 0 Å². The summed E-state index contributed by atoms with van der Waals surface area (Å²) in [6.45, 7) is 2.21. The Morgan fingerprint density at radius 1 is 1.47 bits per heavy atom. The van der Waals surface area contributed by atoms with Gasteiger partial charge in [-0.15, -0.1) is 0 Å². The Kier molecular flexibility index (Phi) is 2.73. The number of nitrogens with one attached hydrogen (secondary N) is 2. The van der Waals surface area contributed by atoms with E-state index in [0.29, 0.717) is 5.92 Å². The summed E-state index contributed by atoms with van der Waals surface area (Å²) >= 11 is 0. The Hall–Kier alpha value is -1.55. The van der Waals surface area contributed by atoms with Crippen molar-refractivity contribution in [2.75, 3.05) is 13.1 Å². The summed E-state index contributed by atoms with van der Waals surface area (Å²) in [4.78, 5) is 0. The van der Waals surface area contributed by atoms with Crippen molar-refractivity contribution in [3.8, 4) is 11.4 Å². The van der Waals surface area contributed by atoms with Crippen LogP contribution in [-0.2, 0) is 7.05 Å². The highest BCUT2D eigenvalue weighted by Crippen LogP contribution is 2.25. The van der Waals surface area contributed by atoms with E-state index in [0.717, 1.165) is 24.5 Å². The first kappa shape index (κ1) is 10.6. The van der Waals surface area contributed by atoms with Crippen LogP contribution in [-0.4, -0.2) is 27.9 Å².